The van der Waals surface area contributed by atoms with Gasteiger partial charge in [0.1, 0.15) is 5.75 Å². The summed E-state index contributed by atoms with van der Waals surface area (Å²) in [5, 5.41) is 0. The quantitative estimate of drug-likeness (QED) is 0.269. The van der Waals surface area contributed by atoms with Crippen molar-refractivity contribution in [2.75, 3.05) is 64.7 Å². The van der Waals surface area contributed by atoms with Gasteiger partial charge in [-0.25, -0.2) is 0 Å². The second kappa shape index (κ2) is 16.6. The number of hydrogen-bond acceptors (Lipinski definition) is 12. The fraction of sp³-hybridized carbons (Fsp3) is 0.742. The molecule has 4 fully saturated rings. The lowest BCUT2D eigenvalue weighted by Gasteiger charge is -2.41. The van der Waals surface area contributed by atoms with E-state index in [1.54, 1.807) is 24.5 Å². The molecule has 43 heavy (non-hydrogen) atoms. The highest BCUT2D eigenvalue weighted by Gasteiger charge is 2.48. The second-order valence-electron chi connectivity index (χ2n) is 12.0. The Labute approximate surface area is 258 Å². The molecular formula is C31H46N4O7S. The van der Waals surface area contributed by atoms with Crippen molar-refractivity contribution in [2.45, 2.75) is 81.5 Å². The average molecular weight is 619 g/mol. The smallest absolute Gasteiger partial charge is 0.320 e. The Morgan fingerprint density at radius 3 is 1.67 bits per heavy atom. The van der Waals surface area contributed by atoms with Crippen LogP contribution in [0.15, 0.2) is 24.5 Å². The van der Waals surface area contributed by atoms with Crippen LogP contribution < -0.4 is 4.74 Å². The molecule has 238 valence electrons. The van der Waals surface area contributed by atoms with Gasteiger partial charge in [0.2, 0.25) is 0 Å². The number of thioether (sulfide) groups is 1. The highest BCUT2D eigenvalue weighted by Crippen LogP contribution is 2.34. The summed E-state index contributed by atoms with van der Waals surface area (Å²) in [6.07, 6.45) is 10.3. The molecule has 4 aliphatic heterocycles. The third-order valence-corrected chi connectivity index (χ3v) is 9.71. The van der Waals surface area contributed by atoms with Crippen LogP contribution in [0.4, 0.5) is 0 Å². The van der Waals surface area contributed by atoms with Gasteiger partial charge in [-0.3, -0.25) is 34.1 Å². The fourth-order valence-electron chi connectivity index (χ4n) is 6.25. The molecule has 0 saturated carbocycles. The van der Waals surface area contributed by atoms with Gasteiger partial charge < -0.3 is 18.9 Å². The summed E-state index contributed by atoms with van der Waals surface area (Å²) in [6, 6.07) is 3.55. The number of likely N-dealkylation sites (tertiary alicyclic amines) is 3. The summed E-state index contributed by atoms with van der Waals surface area (Å²) in [5.74, 6) is -0.359. The van der Waals surface area contributed by atoms with E-state index in [4.69, 9.17) is 18.9 Å². The van der Waals surface area contributed by atoms with E-state index in [1.165, 1.54) is 18.2 Å². The molecular weight excluding hydrogens is 572 g/mol. The predicted molar refractivity (Wildman–Crippen MR) is 162 cm³/mol. The number of esters is 3. The summed E-state index contributed by atoms with van der Waals surface area (Å²) in [5.41, 5.74) is -0.681. The molecule has 0 N–H and O–H groups in total. The van der Waals surface area contributed by atoms with Crippen LogP contribution in [-0.2, 0) is 28.6 Å². The summed E-state index contributed by atoms with van der Waals surface area (Å²) in [7, 11) is 0. The first-order chi connectivity index (χ1) is 21.0. The van der Waals surface area contributed by atoms with Crippen molar-refractivity contribution in [1.82, 2.24) is 19.7 Å². The standard InChI is InChI=1S/C31H46N4O7S/c36-26(20-33-13-4-1-5-14-33)40-25-23-43-31(39-24-11-10-12-32-19-24)30(42-28(38)22-35-17-8-3-9-18-35)29(25)41-27(37)21-34-15-6-2-7-16-34/h10-12,19,25,29-31H,1-9,13-18,20-23H2/t25-,29+,30-,31-/m1/s1. The number of rotatable bonds is 11. The highest BCUT2D eigenvalue weighted by molar-refractivity contribution is 7.99. The number of carbonyl (C=O) groups excluding carboxylic acids is 3. The van der Waals surface area contributed by atoms with Crippen molar-refractivity contribution < 1.29 is 33.3 Å². The second-order valence-corrected chi connectivity index (χ2v) is 13.1. The third kappa shape index (κ3) is 10.1. The Morgan fingerprint density at radius 2 is 1.19 bits per heavy atom. The van der Waals surface area contributed by atoms with Gasteiger partial charge >= 0.3 is 17.9 Å². The summed E-state index contributed by atoms with van der Waals surface area (Å²) in [6.45, 7) is 5.56. The van der Waals surface area contributed by atoms with Gasteiger partial charge in [0.05, 0.1) is 25.8 Å². The Kier molecular flexibility index (Phi) is 12.4. The molecule has 0 aromatic carbocycles. The van der Waals surface area contributed by atoms with E-state index in [-0.39, 0.29) is 25.6 Å². The Hall–Kier alpha value is -2.41. The van der Waals surface area contributed by atoms with E-state index in [9.17, 15) is 14.4 Å². The zero-order valence-electron chi connectivity index (χ0n) is 25.1. The molecule has 5 heterocycles. The number of aromatic nitrogens is 1. The molecule has 0 radical (unpaired) electrons. The van der Waals surface area contributed by atoms with Crippen molar-refractivity contribution in [3.8, 4) is 5.75 Å². The molecule has 0 aliphatic carbocycles. The zero-order chi connectivity index (χ0) is 29.9. The predicted octanol–water partition coefficient (Wildman–Crippen LogP) is 2.73. The van der Waals surface area contributed by atoms with Gasteiger partial charge in [0, 0.05) is 11.9 Å². The van der Waals surface area contributed by atoms with Crippen molar-refractivity contribution in [3.63, 3.8) is 0 Å². The number of ether oxygens (including phenoxy) is 4. The first-order valence-corrected chi connectivity index (χ1v) is 17.0. The lowest BCUT2D eigenvalue weighted by molar-refractivity contribution is -0.190. The van der Waals surface area contributed by atoms with E-state index < -0.39 is 35.7 Å². The number of nitrogens with zero attached hydrogens (tertiary/aromatic N) is 4. The van der Waals surface area contributed by atoms with Crippen LogP contribution in [0, 0.1) is 0 Å². The molecule has 12 heteroatoms. The Balaban J connectivity index is 1.33. The maximum Gasteiger partial charge on any atom is 0.320 e. The van der Waals surface area contributed by atoms with Crippen LogP contribution in [0.2, 0.25) is 0 Å². The molecule has 4 atom stereocenters. The minimum absolute atomic E-state index is 0.140. The molecule has 1 aromatic rings. The largest absolute Gasteiger partial charge is 0.474 e. The van der Waals surface area contributed by atoms with Gasteiger partial charge in [-0.2, -0.15) is 0 Å². The normalized spacial score (nSPS) is 27.6. The lowest BCUT2D eigenvalue weighted by Crippen LogP contribution is -2.57. The van der Waals surface area contributed by atoms with E-state index >= 15 is 0 Å². The Bertz CT molecular complexity index is 1030. The van der Waals surface area contributed by atoms with Gasteiger partial charge in [-0.15, -0.1) is 11.8 Å². The van der Waals surface area contributed by atoms with Crippen molar-refractivity contribution in [2.24, 2.45) is 0 Å². The van der Waals surface area contributed by atoms with E-state index in [0.29, 0.717) is 11.5 Å². The molecule has 4 saturated heterocycles. The van der Waals surface area contributed by atoms with Crippen molar-refractivity contribution >= 4 is 29.7 Å². The molecule has 11 nitrogen and oxygen atoms in total. The molecule has 0 unspecified atom stereocenters. The molecule has 5 rings (SSSR count). The van der Waals surface area contributed by atoms with Gasteiger partial charge in [0.25, 0.3) is 0 Å². The summed E-state index contributed by atoms with van der Waals surface area (Å²) >= 11 is 1.38. The highest BCUT2D eigenvalue weighted by atomic mass is 32.2. The van der Waals surface area contributed by atoms with Gasteiger partial charge in [0.15, 0.2) is 23.7 Å². The van der Waals surface area contributed by atoms with Crippen LogP contribution in [0.5, 0.6) is 5.75 Å². The van der Waals surface area contributed by atoms with Crippen molar-refractivity contribution in [3.05, 3.63) is 24.5 Å². The Morgan fingerprint density at radius 1 is 0.698 bits per heavy atom. The van der Waals surface area contributed by atoms with Crippen LogP contribution in [0.1, 0.15) is 57.8 Å². The average Bonchev–Trinajstić information content (AvgIpc) is 3.02. The number of piperidine rings is 3. The molecule has 1 aromatic heterocycles. The molecule has 0 amide bonds. The monoisotopic (exact) mass is 618 g/mol. The van der Waals surface area contributed by atoms with E-state index in [2.05, 4.69) is 19.7 Å². The molecule has 4 aliphatic rings. The molecule has 0 spiro atoms. The van der Waals surface area contributed by atoms with Gasteiger partial charge in [-0.1, -0.05) is 19.3 Å². The number of hydrogen-bond donors (Lipinski definition) is 0. The maximum absolute atomic E-state index is 13.3. The number of carbonyl (C=O) groups is 3. The van der Waals surface area contributed by atoms with Gasteiger partial charge in [-0.05, 0) is 89.9 Å². The first-order valence-electron chi connectivity index (χ1n) is 16.0. The maximum atomic E-state index is 13.3. The number of pyridine rings is 1. The van der Waals surface area contributed by atoms with Crippen molar-refractivity contribution in [1.29, 1.82) is 0 Å². The third-order valence-electron chi connectivity index (χ3n) is 8.49. The van der Waals surface area contributed by atoms with Crippen LogP contribution in [0.3, 0.4) is 0 Å². The topological polar surface area (TPSA) is 111 Å². The minimum Gasteiger partial charge on any atom is -0.474 e. The lowest BCUT2D eigenvalue weighted by atomic mass is 10.1. The summed E-state index contributed by atoms with van der Waals surface area (Å²) in [4.78, 5) is 50.2. The SMILES string of the molecule is O=C(CN1CCCCC1)O[C@@H]1[C@@H](OC(=O)CN2CCCCC2)[C@H](OC(=O)CN2CCCCC2)CS[C@H]1Oc1cccnc1. The first kappa shape index (κ1) is 32.0. The summed E-state index contributed by atoms with van der Waals surface area (Å²) < 4.78 is 24.5. The van der Waals surface area contributed by atoms with E-state index in [0.717, 1.165) is 90.6 Å². The molecule has 0 bridgehead atoms. The minimum atomic E-state index is -1.00. The fourth-order valence-corrected chi connectivity index (χ4v) is 7.47. The zero-order valence-corrected chi connectivity index (χ0v) is 25.9. The van der Waals surface area contributed by atoms with E-state index in [1.807, 2.05) is 0 Å². The van der Waals surface area contributed by atoms with Crippen LogP contribution >= 0.6 is 11.8 Å². The van der Waals surface area contributed by atoms with Crippen LogP contribution in [-0.4, -0.2) is 126 Å². The van der Waals surface area contributed by atoms with Crippen LogP contribution in [0.25, 0.3) is 0 Å².